The van der Waals surface area contributed by atoms with E-state index in [-0.39, 0.29) is 5.91 Å². The van der Waals surface area contributed by atoms with Gasteiger partial charge in [-0.2, -0.15) is 0 Å². The van der Waals surface area contributed by atoms with E-state index < -0.39 is 0 Å². The molecule has 0 bridgehead atoms. The summed E-state index contributed by atoms with van der Waals surface area (Å²) in [4.78, 5) is 14.3. The molecular formula is C21H28N2O. The van der Waals surface area contributed by atoms with Crippen LogP contribution in [-0.4, -0.2) is 21.9 Å². The van der Waals surface area contributed by atoms with Gasteiger partial charge in [-0.15, -0.1) is 6.58 Å². The molecule has 128 valence electrons. The monoisotopic (exact) mass is 324 g/mol. The fourth-order valence-corrected chi connectivity index (χ4v) is 2.85. The number of aryl methyl sites for hydroxylation is 1. The molecule has 0 saturated heterocycles. The molecule has 0 radical (unpaired) electrons. The van der Waals surface area contributed by atoms with Gasteiger partial charge in [0.05, 0.1) is 6.54 Å². The lowest BCUT2D eigenvalue weighted by Gasteiger charge is -2.22. The second-order valence-electron chi connectivity index (χ2n) is 6.28. The Morgan fingerprint density at radius 2 is 2.12 bits per heavy atom. The Bertz CT molecular complexity index is 672. The molecule has 0 fully saturated rings. The summed E-state index contributed by atoms with van der Waals surface area (Å²) >= 11 is 0. The van der Waals surface area contributed by atoms with Gasteiger partial charge in [-0.3, -0.25) is 4.79 Å². The molecule has 0 aliphatic rings. The number of carbonyl (C=O) groups is 1. The van der Waals surface area contributed by atoms with Crippen molar-refractivity contribution < 1.29 is 4.79 Å². The summed E-state index contributed by atoms with van der Waals surface area (Å²) in [6.07, 6.45) is 6.48. The largest absolute Gasteiger partial charge is 0.345 e. The highest BCUT2D eigenvalue weighted by atomic mass is 16.2. The number of aromatic nitrogens is 1. The van der Waals surface area contributed by atoms with Crippen LogP contribution in [0, 0.1) is 6.92 Å². The van der Waals surface area contributed by atoms with Crippen LogP contribution in [0.1, 0.15) is 43.0 Å². The second kappa shape index (κ2) is 9.11. The Labute approximate surface area is 145 Å². The highest BCUT2D eigenvalue weighted by Crippen LogP contribution is 2.13. The highest BCUT2D eigenvalue weighted by molar-refractivity contribution is 5.76. The van der Waals surface area contributed by atoms with Crippen LogP contribution in [-0.2, 0) is 17.9 Å². The number of amides is 1. The van der Waals surface area contributed by atoms with Crippen molar-refractivity contribution >= 4 is 5.91 Å². The van der Waals surface area contributed by atoms with Gasteiger partial charge in [0.25, 0.3) is 0 Å². The van der Waals surface area contributed by atoms with Crippen LogP contribution in [0.4, 0.5) is 0 Å². The highest BCUT2D eigenvalue weighted by Gasteiger charge is 2.14. The third-order valence-electron chi connectivity index (χ3n) is 4.16. The van der Waals surface area contributed by atoms with Crippen molar-refractivity contribution in [3.8, 4) is 0 Å². The first-order valence-electron chi connectivity index (χ1n) is 8.72. The van der Waals surface area contributed by atoms with Gasteiger partial charge in [-0.05, 0) is 31.0 Å². The Morgan fingerprint density at radius 3 is 2.83 bits per heavy atom. The van der Waals surface area contributed by atoms with E-state index in [1.807, 2.05) is 11.0 Å². The number of rotatable bonds is 9. The van der Waals surface area contributed by atoms with Crippen molar-refractivity contribution in [2.24, 2.45) is 0 Å². The molecule has 1 aromatic carbocycles. The quantitative estimate of drug-likeness (QED) is 0.621. The Morgan fingerprint density at radius 1 is 1.29 bits per heavy atom. The summed E-state index contributed by atoms with van der Waals surface area (Å²) < 4.78 is 2.22. The molecule has 1 heterocycles. The SMILES string of the molecule is C=CCN(Cc1cccn1Cc1cccc(C)c1)C(=O)CCCC. The van der Waals surface area contributed by atoms with Crippen LogP contribution >= 0.6 is 0 Å². The van der Waals surface area contributed by atoms with E-state index >= 15 is 0 Å². The first-order valence-corrected chi connectivity index (χ1v) is 8.72. The minimum Gasteiger partial charge on any atom is -0.345 e. The van der Waals surface area contributed by atoms with E-state index in [0.29, 0.717) is 19.5 Å². The molecule has 0 unspecified atom stereocenters. The lowest BCUT2D eigenvalue weighted by Crippen LogP contribution is -2.31. The molecule has 2 aromatic rings. The number of hydrogen-bond acceptors (Lipinski definition) is 1. The van der Waals surface area contributed by atoms with E-state index in [1.165, 1.54) is 11.1 Å². The fourth-order valence-electron chi connectivity index (χ4n) is 2.85. The molecule has 0 spiro atoms. The van der Waals surface area contributed by atoms with Gasteiger partial charge in [0.1, 0.15) is 0 Å². The Hall–Kier alpha value is -2.29. The van der Waals surface area contributed by atoms with E-state index in [0.717, 1.165) is 25.1 Å². The van der Waals surface area contributed by atoms with Crippen LogP contribution < -0.4 is 0 Å². The molecule has 3 nitrogen and oxygen atoms in total. The van der Waals surface area contributed by atoms with Gasteiger partial charge in [-0.25, -0.2) is 0 Å². The smallest absolute Gasteiger partial charge is 0.223 e. The fraction of sp³-hybridized carbons (Fsp3) is 0.381. The molecule has 1 aromatic heterocycles. The summed E-state index contributed by atoms with van der Waals surface area (Å²) in [5.74, 6) is 0.208. The Kier molecular flexibility index (Phi) is 6.86. The van der Waals surface area contributed by atoms with Crippen LogP contribution in [0.3, 0.4) is 0 Å². The number of hydrogen-bond donors (Lipinski definition) is 0. The lowest BCUT2D eigenvalue weighted by molar-refractivity contribution is -0.131. The third-order valence-corrected chi connectivity index (χ3v) is 4.16. The van der Waals surface area contributed by atoms with Crippen LogP contribution in [0.25, 0.3) is 0 Å². The molecule has 0 atom stereocenters. The van der Waals surface area contributed by atoms with E-state index in [4.69, 9.17) is 0 Å². The minimum absolute atomic E-state index is 0.208. The van der Waals surface area contributed by atoms with Crippen molar-refractivity contribution in [2.45, 2.75) is 46.2 Å². The van der Waals surface area contributed by atoms with Crippen molar-refractivity contribution in [3.05, 3.63) is 72.1 Å². The Balaban J connectivity index is 2.09. The van der Waals surface area contributed by atoms with E-state index in [2.05, 4.69) is 61.5 Å². The standard InChI is InChI=1S/C21H28N2O/c1-4-6-12-21(24)23(13-5-2)17-20-11-8-14-22(20)16-19-10-7-9-18(3)15-19/h5,7-11,14-15H,2,4,6,12-13,16-17H2,1,3H3. The molecule has 3 heteroatoms. The number of unbranched alkanes of at least 4 members (excludes halogenated alkanes) is 1. The lowest BCUT2D eigenvalue weighted by atomic mass is 10.1. The molecule has 24 heavy (non-hydrogen) atoms. The topological polar surface area (TPSA) is 25.2 Å². The summed E-state index contributed by atoms with van der Waals surface area (Å²) in [7, 11) is 0. The predicted molar refractivity (Wildman–Crippen MR) is 99.9 cm³/mol. The van der Waals surface area contributed by atoms with Gasteiger partial charge in [0.15, 0.2) is 0 Å². The molecule has 2 rings (SSSR count). The zero-order valence-corrected chi connectivity index (χ0v) is 14.9. The maximum atomic E-state index is 12.4. The van der Waals surface area contributed by atoms with Crippen LogP contribution in [0.5, 0.6) is 0 Å². The molecule has 0 aliphatic carbocycles. The van der Waals surface area contributed by atoms with Gasteiger partial charge < -0.3 is 9.47 Å². The van der Waals surface area contributed by atoms with Crippen molar-refractivity contribution in [1.82, 2.24) is 9.47 Å². The second-order valence-corrected chi connectivity index (χ2v) is 6.28. The minimum atomic E-state index is 0.208. The number of nitrogens with zero attached hydrogens (tertiary/aromatic N) is 2. The van der Waals surface area contributed by atoms with Gasteiger partial charge >= 0.3 is 0 Å². The first kappa shape index (κ1) is 18.1. The van der Waals surface area contributed by atoms with Gasteiger partial charge in [0, 0.05) is 31.4 Å². The van der Waals surface area contributed by atoms with Crippen molar-refractivity contribution in [2.75, 3.05) is 6.54 Å². The maximum absolute atomic E-state index is 12.4. The van der Waals surface area contributed by atoms with Gasteiger partial charge in [0.2, 0.25) is 5.91 Å². The molecule has 0 N–H and O–H groups in total. The summed E-state index contributed by atoms with van der Waals surface area (Å²) in [5.41, 5.74) is 3.70. The summed E-state index contributed by atoms with van der Waals surface area (Å²) in [5, 5.41) is 0. The van der Waals surface area contributed by atoms with Crippen LogP contribution in [0.2, 0.25) is 0 Å². The van der Waals surface area contributed by atoms with E-state index in [1.54, 1.807) is 6.08 Å². The van der Waals surface area contributed by atoms with Crippen LogP contribution in [0.15, 0.2) is 55.3 Å². The number of benzene rings is 1. The zero-order chi connectivity index (χ0) is 17.4. The normalized spacial score (nSPS) is 10.6. The average molecular weight is 324 g/mol. The molecule has 0 aliphatic heterocycles. The van der Waals surface area contributed by atoms with Gasteiger partial charge in [-0.1, -0.05) is 49.2 Å². The average Bonchev–Trinajstić information content (AvgIpc) is 2.99. The van der Waals surface area contributed by atoms with E-state index in [9.17, 15) is 4.79 Å². The zero-order valence-electron chi connectivity index (χ0n) is 14.9. The van der Waals surface area contributed by atoms with Crippen molar-refractivity contribution in [3.63, 3.8) is 0 Å². The maximum Gasteiger partial charge on any atom is 0.223 e. The molecule has 0 saturated carbocycles. The summed E-state index contributed by atoms with van der Waals surface area (Å²) in [6, 6.07) is 12.7. The number of carbonyl (C=O) groups excluding carboxylic acids is 1. The molecular weight excluding hydrogens is 296 g/mol. The van der Waals surface area contributed by atoms with Crippen molar-refractivity contribution in [1.29, 1.82) is 0 Å². The first-order chi connectivity index (χ1) is 11.6. The predicted octanol–water partition coefficient (Wildman–Crippen LogP) is 4.55. The summed E-state index contributed by atoms with van der Waals surface area (Å²) in [6.45, 7) is 10.1. The third kappa shape index (κ3) is 5.12. The molecule has 1 amide bonds.